The van der Waals surface area contributed by atoms with Crippen LogP contribution in [0.15, 0.2) is 41.2 Å². The number of carboxylic acid groups (broad SMARTS) is 1. The normalized spacial score (nSPS) is 12.0. The Bertz CT molecular complexity index is 1010. The summed E-state index contributed by atoms with van der Waals surface area (Å²) < 4.78 is 64.3. The van der Waals surface area contributed by atoms with Gasteiger partial charge in [-0.05, 0) is 31.0 Å². The van der Waals surface area contributed by atoms with E-state index in [1.54, 1.807) is 12.1 Å². The predicted octanol–water partition coefficient (Wildman–Crippen LogP) is 2.33. The first-order chi connectivity index (χ1) is 12.4. The lowest BCUT2D eigenvalue weighted by molar-refractivity contribution is -0.0500. The third-order valence-electron chi connectivity index (χ3n) is 3.62. The summed E-state index contributed by atoms with van der Waals surface area (Å²) in [7, 11) is -5.86. The van der Waals surface area contributed by atoms with Crippen molar-refractivity contribution in [3.05, 3.63) is 63.6 Å². The zero-order valence-corrected chi connectivity index (χ0v) is 14.7. The van der Waals surface area contributed by atoms with Crippen molar-refractivity contribution < 1.29 is 35.7 Å². The van der Waals surface area contributed by atoms with Crippen LogP contribution in [-0.4, -0.2) is 29.6 Å². The molecule has 0 fully saturated rings. The highest BCUT2D eigenvalue weighted by Gasteiger charge is 2.48. The number of rotatable bonds is 6. The lowest BCUT2D eigenvalue weighted by Gasteiger charge is -2.13. The molecule has 1 heterocycles. The Labute approximate surface area is 151 Å². The van der Waals surface area contributed by atoms with Gasteiger partial charge in [-0.3, -0.25) is 4.79 Å². The van der Waals surface area contributed by atoms with Crippen LogP contribution >= 0.6 is 0 Å². The third-order valence-corrected chi connectivity index (χ3v) is 4.60. The monoisotopic (exact) mass is 405 g/mol. The van der Waals surface area contributed by atoms with Crippen LogP contribution in [-0.2, 0) is 23.1 Å². The smallest absolute Gasteiger partial charge is 0.478 e. The van der Waals surface area contributed by atoms with E-state index in [1.165, 1.54) is 23.6 Å². The van der Waals surface area contributed by atoms with Gasteiger partial charge in [0.1, 0.15) is 5.75 Å². The van der Waals surface area contributed by atoms with Gasteiger partial charge in [0, 0.05) is 24.4 Å². The number of halogens is 3. The molecular weight excluding hydrogens is 391 g/mol. The number of pyridine rings is 1. The van der Waals surface area contributed by atoms with Gasteiger partial charge in [-0.25, -0.2) is 4.79 Å². The number of carbonyl (C=O) groups is 1. The SMILES string of the molecule is Cc1cc(OS(=O)(=O)C(F)(F)F)cc(=O)n1CCc1ccc(C(=O)O)cc1. The second kappa shape index (κ2) is 7.43. The highest BCUT2D eigenvalue weighted by atomic mass is 32.2. The molecule has 1 N–H and O–H groups in total. The predicted molar refractivity (Wildman–Crippen MR) is 88.1 cm³/mol. The van der Waals surface area contributed by atoms with Gasteiger partial charge in [0.2, 0.25) is 0 Å². The van der Waals surface area contributed by atoms with E-state index in [0.717, 1.165) is 11.6 Å². The standard InChI is InChI=1S/C16H14F3NO6S/c1-10-8-13(26-27(24,25)16(17,18)19)9-14(21)20(10)7-6-11-2-4-12(5-3-11)15(22)23/h2-5,8-9H,6-7H2,1H3,(H,22,23). The summed E-state index contributed by atoms with van der Waals surface area (Å²) in [5.41, 5.74) is -5.27. The lowest BCUT2D eigenvalue weighted by atomic mass is 10.1. The van der Waals surface area contributed by atoms with Gasteiger partial charge in [0.05, 0.1) is 5.56 Å². The summed E-state index contributed by atoms with van der Waals surface area (Å²) in [6.07, 6.45) is 0.349. The fourth-order valence-electron chi connectivity index (χ4n) is 2.26. The maximum absolute atomic E-state index is 12.4. The summed E-state index contributed by atoms with van der Waals surface area (Å²) in [6, 6.07) is 7.65. The van der Waals surface area contributed by atoms with E-state index < -0.39 is 32.9 Å². The van der Waals surface area contributed by atoms with Crippen LogP contribution in [0.1, 0.15) is 21.6 Å². The number of alkyl halides is 3. The third kappa shape index (κ3) is 4.88. The number of aromatic carboxylic acids is 1. The number of carboxylic acids is 1. The van der Waals surface area contributed by atoms with Crippen LogP contribution < -0.4 is 9.74 Å². The molecule has 0 aliphatic rings. The zero-order valence-electron chi connectivity index (χ0n) is 13.9. The molecule has 1 aromatic heterocycles. The molecule has 2 rings (SSSR count). The second-order valence-corrected chi connectivity index (χ2v) is 7.10. The van der Waals surface area contributed by atoms with Crippen LogP contribution in [0.4, 0.5) is 13.2 Å². The molecule has 0 aliphatic heterocycles. The topological polar surface area (TPSA) is 103 Å². The van der Waals surface area contributed by atoms with E-state index in [4.69, 9.17) is 5.11 Å². The Morgan fingerprint density at radius 3 is 2.26 bits per heavy atom. The number of benzene rings is 1. The molecule has 0 bridgehead atoms. The van der Waals surface area contributed by atoms with E-state index in [1.807, 2.05) is 0 Å². The van der Waals surface area contributed by atoms with Crippen LogP contribution in [0.25, 0.3) is 0 Å². The largest absolute Gasteiger partial charge is 0.534 e. The van der Waals surface area contributed by atoms with Gasteiger partial charge in [0.25, 0.3) is 5.56 Å². The minimum atomic E-state index is -5.86. The van der Waals surface area contributed by atoms with E-state index >= 15 is 0 Å². The molecule has 0 atom stereocenters. The Balaban J connectivity index is 2.17. The first kappa shape index (κ1) is 20.5. The minimum absolute atomic E-state index is 0.111. The van der Waals surface area contributed by atoms with Crippen molar-refractivity contribution in [3.63, 3.8) is 0 Å². The molecule has 0 aliphatic carbocycles. The maximum atomic E-state index is 12.4. The summed E-state index contributed by atoms with van der Waals surface area (Å²) >= 11 is 0. The Hall–Kier alpha value is -2.82. The van der Waals surface area contributed by atoms with Gasteiger partial charge in [-0.1, -0.05) is 12.1 Å². The molecule has 146 valence electrons. The van der Waals surface area contributed by atoms with Crippen LogP contribution in [0, 0.1) is 6.92 Å². The first-order valence-electron chi connectivity index (χ1n) is 7.45. The fraction of sp³-hybridized carbons (Fsp3) is 0.250. The molecule has 0 amide bonds. The number of hydrogen-bond acceptors (Lipinski definition) is 5. The quantitative estimate of drug-likeness (QED) is 0.585. The average Bonchev–Trinajstić information content (AvgIpc) is 2.53. The molecule has 0 spiro atoms. The molecule has 0 radical (unpaired) electrons. The van der Waals surface area contributed by atoms with E-state index in [9.17, 15) is 31.2 Å². The highest BCUT2D eigenvalue weighted by Crippen LogP contribution is 2.26. The fourth-order valence-corrected chi connectivity index (χ4v) is 2.71. The van der Waals surface area contributed by atoms with E-state index in [0.29, 0.717) is 12.5 Å². The van der Waals surface area contributed by atoms with Gasteiger partial charge in [-0.15, -0.1) is 0 Å². The van der Waals surface area contributed by atoms with Gasteiger partial charge < -0.3 is 13.9 Å². The number of aryl methyl sites for hydroxylation is 2. The van der Waals surface area contributed by atoms with Crippen LogP contribution in [0.2, 0.25) is 0 Å². The van der Waals surface area contributed by atoms with Crippen molar-refractivity contribution in [1.82, 2.24) is 4.57 Å². The molecule has 7 nitrogen and oxygen atoms in total. The van der Waals surface area contributed by atoms with E-state index in [-0.39, 0.29) is 17.8 Å². The molecule has 0 saturated carbocycles. The summed E-state index contributed by atoms with van der Waals surface area (Å²) in [4.78, 5) is 22.9. The van der Waals surface area contributed by atoms with Gasteiger partial charge >= 0.3 is 21.6 Å². The molecule has 2 aromatic rings. The van der Waals surface area contributed by atoms with Crippen molar-refractivity contribution in [2.24, 2.45) is 0 Å². The van der Waals surface area contributed by atoms with E-state index in [2.05, 4.69) is 4.18 Å². The van der Waals surface area contributed by atoms with Crippen molar-refractivity contribution in [2.45, 2.75) is 25.4 Å². The summed E-state index contributed by atoms with van der Waals surface area (Å²) in [5, 5.41) is 8.84. The molecular formula is C16H14F3NO6S. The summed E-state index contributed by atoms with van der Waals surface area (Å²) in [5.74, 6) is -1.80. The molecule has 0 saturated heterocycles. The van der Waals surface area contributed by atoms with Crippen molar-refractivity contribution >= 4 is 16.1 Å². The van der Waals surface area contributed by atoms with Crippen molar-refractivity contribution in [3.8, 4) is 5.75 Å². The minimum Gasteiger partial charge on any atom is -0.478 e. The zero-order chi connectivity index (χ0) is 20.4. The number of aromatic nitrogens is 1. The average molecular weight is 405 g/mol. The maximum Gasteiger partial charge on any atom is 0.534 e. The number of hydrogen-bond donors (Lipinski definition) is 1. The van der Waals surface area contributed by atoms with Gasteiger partial charge in [0.15, 0.2) is 0 Å². The van der Waals surface area contributed by atoms with Crippen molar-refractivity contribution in [2.75, 3.05) is 0 Å². The first-order valence-corrected chi connectivity index (χ1v) is 8.86. The van der Waals surface area contributed by atoms with Crippen LogP contribution in [0.5, 0.6) is 5.75 Å². The van der Waals surface area contributed by atoms with Gasteiger partial charge in [-0.2, -0.15) is 21.6 Å². The highest BCUT2D eigenvalue weighted by molar-refractivity contribution is 7.88. The summed E-state index contributed by atoms with van der Waals surface area (Å²) in [6.45, 7) is 1.57. The number of nitrogens with zero attached hydrogens (tertiary/aromatic N) is 1. The molecule has 11 heteroatoms. The Kier molecular flexibility index (Phi) is 5.64. The van der Waals surface area contributed by atoms with Crippen molar-refractivity contribution in [1.29, 1.82) is 0 Å². The Morgan fingerprint density at radius 1 is 1.19 bits per heavy atom. The molecule has 0 unspecified atom stereocenters. The Morgan fingerprint density at radius 2 is 1.78 bits per heavy atom. The second-order valence-electron chi connectivity index (χ2n) is 5.56. The molecule has 1 aromatic carbocycles. The lowest BCUT2D eigenvalue weighted by Crippen LogP contribution is -2.29. The molecule has 27 heavy (non-hydrogen) atoms. The van der Waals surface area contributed by atoms with Crippen LogP contribution in [0.3, 0.4) is 0 Å².